The fourth-order valence-electron chi connectivity index (χ4n) is 1.63. The van der Waals surface area contributed by atoms with Gasteiger partial charge in [0.05, 0.1) is 0 Å². The standard InChI is InChI=1S/C10H10N2/c1-11-10-7-6-8-4-2-3-5-9(8)12-10/h6-7H,2-5H2. The Morgan fingerprint density at radius 1 is 1.25 bits per heavy atom. The van der Waals surface area contributed by atoms with E-state index in [1.165, 1.54) is 18.4 Å². The molecule has 1 heterocycles. The zero-order valence-corrected chi connectivity index (χ0v) is 6.88. The van der Waals surface area contributed by atoms with Crippen LogP contribution < -0.4 is 0 Å². The molecule has 0 saturated heterocycles. The topological polar surface area (TPSA) is 17.2 Å². The normalized spacial score (nSPS) is 14.9. The molecule has 2 heteroatoms. The predicted octanol–water partition coefficient (Wildman–Crippen LogP) is 2.51. The van der Waals surface area contributed by atoms with Crippen molar-refractivity contribution in [1.82, 2.24) is 4.98 Å². The Labute approximate surface area is 72.1 Å². The van der Waals surface area contributed by atoms with Crippen LogP contribution in [0.25, 0.3) is 4.85 Å². The summed E-state index contributed by atoms with van der Waals surface area (Å²) in [6.07, 6.45) is 4.69. The van der Waals surface area contributed by atoms with Crippen LogP contribution in [0.1, 0.15) is 24.1 Å². The average molecular weight is 158 g/mol. The molecule has 2 rings (SSSR count). The van der Waals surface area contributed by atoms with Crippen molar-refractivity contribution >= 4 is 5.82 Å². The van der Waals surface area contributed by atoms with Crippen LogP contribution >= 0.6 is 0 Å². The molecule has 0 radical (unpaired) electrons. The number of nitrogens with zero attached hydrogens (tertiary/aromatic N) is 2. The monoisotopic (exact) mass is 158 g/mol. The van der Waals surface area contributed by atoms with Crippen molar-refractivity contribution in [3.05, 3.63) is 34.8 Å². The number of rotatable bonds is 0. The Balaban J connectivity index is 2.44. The van der Waals surface area contributed by atoms with Crippen LogP contribution in [-0.4, -0.2) is 4.98 Å². The molecule has 0 fully saturated rings. The van der Waals surface area contributed by atoms with Crippen molar-refractivity contribution in [1.29, 1.82) is 0 Å². The average Bonchev–Trinajstić information content (AvgIpc) is 2.17. The lowest BCUT2D eigenvalue weighted by Gasteiger charge is -2.10. The van der Waals surface area contributed by atoms with Crippen molar-refractivity contribution in [2.75, 3.05) is 0 Å². The zero-order chi connectivity index (χ0) is 8.39. The van der Waals surface area contributed by atoms with Crippen molar-refractivity contribution in [3.63, 3.8) is 0 Å². The number of hydrogen-bond acceptors (Lipinski definition) is 1. The number of aromatic nitrogens is 1. The number of aryl methyl sites for hydroxylation is 2. The summed E-state index contributed by atoms with van der Waals surface area (Å²) in [5, 5.41) is 0. The van der Waals surface area contributed by atoms with Gasteiger partial charge in [-0.05, 0) is 30.9 Å². The lowest BCUT2D eigenvalue weighted by Crippen LogP contribution is -2.04. The van der Waals surface area contributed by atoms with Gasteiger partial charge in [-0.25, -0.2) is 0 Å². The van der Waals surface area contributed by atoms with Gasteiger partial charge in [0.1, 0.15) is 5.69 Å². The molecule has 2 nitrogen and oxygen atoms in total. The van der Waals surface area contributed by atoms with E-state index in [9.17, 15) is 0 Å². The molecule has 0 N–H and O–H groups in total. The third kappa shape index (κ3) is 1.18. The number of hydrogen-bond donors (Lipinski definition) is 0. The van der Waals surface area contributed by atoms with Crippen LogP contribution in [0.3, 0.4) is 0 Å². The molecule has 0 aliphatic heterocycles. The zero-order valence-electron chi connectivity index (χ0n) is 6.88. The van der Waals surface area contributed by atoms with E-state index >= 15 is 0 Å². The summed E-state index contributed by atoms with van der Waals surface area (Å²) in [4.78, 5) is 7.60. The minimum atomic E-state index is 0.538. The first kappa shape index (κ1) is 7.30. The van der Waals surface area contributed by atoms with E-state index in [4.69, 9.17) is 6.57 Å². The van der Waals surface area contributed by atoms with Gasteiger partial charge in [-0.1, -0.05) is 12.6 Å². The lowest BCUT2D eigenvalue weighted by molar-refractivity contribution is 0.669. The summed E-state index contributed by atoms with van der Waals surface area (Å²) in [5.41, 5.74) is 2.49. The Morgan fingerprint density at radius 2 is 2.08 bits per heavy atom. The summed E-state index contributed by atoms with van der Waals surface area (Å²) in [7, 11) is 0. The molecule has 0 aromatic carbocycles. The van der Waals surface area contributed by atoms with Gasteiger partial charge in [-0.2, -0.15) is 0 Å². The van der Waals surface area contributed by atoms with E-state index in [1.807, 2.05) is 6.07 Å². The Hall–Kier alpha value is -1.36. The van der Waals surface area contributed by atoms with Gasteiger partial charge in [0.15, 0.2) is 0 Å². The molecule has 60 valence electrons. The van der Waals surface area contributed by atoms with Gasteiger partial charge in [0, 0.05) is 6.42 Å². The van der Waals surface area contributed by atoms with E-state index in [2.05, 4.69) is 15.9 Å². The molecule has 0 amide bonds. The molecule has 1 aliphatic carbocycles. The first-order valence-electron chi connectivity index (χ1n) is 4.26. The number of pyridine rings is 1. The summed E-state index contributed by atoms with van der Waals surface area (Å²) in [6, 6.07) is 3.87. The summed E-state index contributed by atoms with van der Waals surface area (Å²) < 4.78 is 0. The van der Waals surface area contributed by atoms with Gasteiger partial charge in [0.25, 0.3) is 5.82 Å². The van der Waals surface area contributed by atoms with Crippen molar-refractivity contribution in [3.8, 4) is 0 Å². The fourth-order valence-corrected chi connectivity index (χ4v) is 1.63. The van der Waals surface area contributed by atoms with Gasteiger partial charge in [-0.15, -0.1) is 4.98 Å². The Kier molecular flexibility index (Phi) is 1.79. The van der Waals surface area contributed by atoms with Crippen LogP contribution in [0.4, 0.5) is 5.82 Å². The van der Waals surface area contributed by atoms with Crippen molar-refractivity contribution in [2.24, 2.45) is 0 Å². The van der Waals surface area contributed by atoms with Crippen molar-refractivity contribution in [2.45, 2.75) is 25.7 Å². The maximum atomic E-state index is 6.82. The molecule has 12 heavy (non-hydrogen) atoms. The Bertz CT molecular complexity index is 336. The highest BCUT2D eigenvalue weighted by atomic mass is 14.9. The molecule has 1 aliphatic rings. The van der Waals surface area contributed by atoms with E-state index in [0.29, 0.717) is 5.82 Å². The summed E-state index contributed by atoms with van der Waals surface area (Å²) >= 11 is 0. The molecule has 0 saturated carbocycles. The quantitative estimate of drug-likeness (QED) is 0.530. The maximum absolute atomic E-state index is 6.82. The number of fused-ring (bicyclic) bond motifs is 1. The van der Waals surface area contributed by atoms with Crippen molar-refractivity contribution < 1.29 is 0 Å². The van der Waals surface area contributed by atoms with Crippen LogP contribution in [0.15, 0.2) is 12.1 Å². The van der Waals surface area contributed by atoms with Gasteiger partial charge >= 0.3 is 0 Å². The Morgan fingerprint density at radius 3 is 2.92 bits per heavy atom. The summed E-state index contributed by atoms with van der Waals surface area (Å²) in [5.74, 6) is 0.538. The van der Waals surface area contributed by atoms with Crippen LogP contribution in [0.5, 0.6) is 0 Å². The molecule has 1 aromatic heterocycles. The molecule has 0 unspecified atom stereocenters. The van der Waals surface area contributed by atoms with E-state index in [1.54, 1.807) is 0 Å². The summed E-state index contributed by atoms with van der Waals surface area (Å²) in [6.45, 7) is 6.82. The van der Waals surface area contributed by atoms with E-state index < -0.39 is 0 Å². The van der Waals surface area contributed by atoms with Gasteiger partial charge in [-0.3, -0.25) is 0 Å². The SMILES string of the molecule is [C-]#[N+]c1ccc2c(n1)CCCC2. The second kappa shape index (κ2) is 2.94. The van der Waals surface area contributed by atoms with Gasteiger partial charge < -0.3 is 4.85 Å². The second-order valence-corrected chi connectivity index (χ2v) is 3.09. The molecule has 0 atom stereocenters. The highest BCUT2D eigenvalue weighted by Crippen LogP contribution is 2.21. The van der Waals surface area contributed by atoms with E-state index in [-0.39, 0.29) is 0 Å². The molecular formula is C10H10N2. The second-order valence-electron chi connectivity index (χ2n) is 3.09. The highest BCUT2D eigenvalue weighted by molar-refractivity contribution is 5.40. The lowest BCUT2D eigenvalue weighted by atomic mass is 9.96. The van der Waals surface area contributed by atoms with Crippen LogP contribution in [0.2, 0.25) is 0 Å². The molecular weight excluding hydrogens is 148 g/mol. The third-order valence-electron chi connectivity index (χ3n) is 2.28. The third-order valence-corrected chi connectivity index (χ3v) is 2.28. The maximum Gasteiger partial charge on any atom is 0.269 e. The first-order valence-corrected chi connectivity index (χ1v) is 4.26. The fraction of sp³-hybridized carbons (Fsp3) is 0.400. The highest BCUT2D eigenvalue weighted by Gasteiger charge is 2.13. The van der Waals surface area contributed by atoms with Crippen LogP contribution in [0, 0.1) is 6.57 Å². The molecule has 0 bridgehead atoms. The van der Waals surface area contributed by atoms with Crippen LogP contribution in [-0.2, 0) is 12.8 Å². The van der Waals surface area contributed by atoms with Gasteiger partial charge in [0.2, 0.25) is 0 Å². The predicted molar refractivity (Wildman–Crippen MR) is 47.1 cm³/mol. The minimum Gasteiger partial charge on any atom is -0.361 e. The smallest absolute Gasteiger partial charge is 0.269 e. The minimum absolute atomic E-state index is 0.538. The largest absolute Gasteiger partial charge is 0.361 e. The molecule has 1 aromatic rings. The molecule has 0 spiro atoms. The van der Waals surface area contributed by atoms with E-state index in [0.717, 1.165) is 18.5 Å². The first-order chi connectivity index (χ1) is 5.90.